The first kappa shape index (κ1) is 17.1. The summed E-state index contributed by atoms with van der Waals surface area (Å²) in [6.07, 6.45) is 1.93. The van der Waals surface area contributed by atoms with Crippen molar-refractivity contribution in [3.63, 3.8) is 0 Å². The largest absolute Gasteiger partial charge is 0.371 e. The molecule has 2 rings (SSSR count). The van der Waals surface area contributed by atoms with Crippen LogP contribution in [-0.2, 0) is 17.6 Å². The average Bonchev–Trinajstić information content (AvgIpc) is 2.55. The van der Waals surface area contributed by atoms with Gasteiger partial charge < -0.3 is 10.6 Å². The molecule has 0 saturated carbocycles. The Kier molecular flexibility index (Phi) is 5.43. The number of amides is 1. The van der Waals surface area contributed by atoms with Gasteiger partial charge in [-0.25, -0.2) is 0 Å². The Labute approximate surface area is 139 Å². The molecule has 0 aliphatic heterocycles. The molecule has 3 heteroatoms. The van der Waals surface area contributed by atoms with Crippen LogP contribution in [0.3, 0.4) is 0 Å². The van der Waals surface area contributed by atoms with Crippen molar-refractivity contribution in [1.82, 2.24) is 0 Å². The monoisotopic (exact) mass is 310 g/mol. The van der Waals surface area contributed by atoms with E-state index in [2.05, 4.69) is 30.5 Å². The van der Waals surface area contributed by atoms with Gasteiger partial charge in [-0.05, 0) is 56.0 Å². The number of hydrogen-bond acceptors (Lipinski definition) is 2. The van der Waals surface area contributed by atoms with Gasteiger partial charge in [-0.2, -0.15) is 0 Å². The highest BCUT2D eigenvalue weighted by molar-refractivity contribution is 5.99. The van der Waals surface area contributed by atoms with E-state index in [9.17, 15) is 4.79 Å². The molecule has 0 fully saturated rings. The van der Waals surface area contributed by atoms with Crippen molar-refractivity contribution < 1.29 is 4.79 Å². The Morgan fingerprint density at radius 3 is 2.22 bits per heavy atom. The fourth-order valence-corrected chi connectivity index (χ4v) is 2.46. The molecule has 0 aromatic heterocycles. The van der Waals surface area contributed by atoms with Crippen LogP contribution >= 0.6 is 0 Å². The van der Waals surface area contributed by atoms with E-state index in [-0.39, 0.29) is 5.91 Å². The van der Waals surface area contributed by atoms with Gasteiger partial charge in [-0.3, -0.25) is 4.79 Å². The quantitative estimate of drug-likeness (QED) is 0.816. The third kappa shape index (κ3) is 4.35. The van der Waals surface area contributed by atoms with Crippen molar-refractivity contribution in [3.8, 4) is 0 Å². The van der Waals surface area contributed by atoms with E-state index in [0.717, 1.165) is 24.2 Å². The molecule has 23 heavy (non-hydrogen) atoms. The van der Waals surface area contributed by atoms with Gasteiger partial charge in [0.1, 0.15) is 5.54 Å². The summed E-state index contributed by atoms with van der Waals surface area (Å²) in [5, 5.41) is 6.36. The van der Waals surface area contributed by atoms with Crippen LogP contribution in [0.1, 0.15) is 38.8 Å². The van der Waals surface area contributed by atoms with Crippen molar-refractivity contribution in [3.05, 3.63) is 59.7 Å². The number of para-hydroxylation sites is 1. The van der Waals surface area contributed by atoms with Gasteiger partial charge in [0.05, 0.1) is 0 Å². The lowest BCUT2D eigenvalue weighted by molar-refractivity contribution is -0.119. The minimum absolute atomic E-state index is 0.0485. The first-order chi connectivity index (χ1) is 11.0. The Morgan fingerprint density at radius 1 is 0.957 bits per heavy atom. The number of aryl methyl sites for hydroxylation is 2. The highest BCUT2D eigenvalue weighted by Gasteiger charge is 2.28. The van der Waals surface area contributed by atoms with Gasteiger partial charge in [0.2, 0.25) is 5.91 Å². The second kappa shape index (κ2) is 7.32. The Hall–Kier alpha value is -2.29. The van der Waals surface area contributed by atoms with E-state index < -0.39 is 5.54 Å². The molecule has 3 nitrogen and oxygen atoms in total. The third-order valence-corrected chi connectivity index (χ3v) is 4.03. The zero-order chi connectivity index (χ0) is 16.9. The van der Waals surface area contributed by atoms with Gasteiger partial charge >= 0.3 is 0 Å². The number of benzene rings is 2. The predicted octanol–water partition coefficient (Wildman–Crippen LogP) is 4.64. The molecule has 1 amide bonds. The highest BCUT2D eigenvalue weighted by Crippen LogP contribution is 2.22. The number of carbonyl (C=O) groups excluding carboxylic acids is 1. The molecule has 2 aromatic rings. The van der Waals surface area contributed by atoms with Gasteiger partial charge in [-0.1, -0.05) is 44.2 Å². The zero-order valence-corrected chi connectivity index (χ0v) is 14.4. The van der Waals surface area contributed by atoms with Crippen LogP contribution in [0.15, 0.2) is 48.5 Å². The number of rotatable bonds is 6. The van der Waals surface area contributed by atoms with Crippen molar-refractivity contribution in [1.29, 1.82) is 0 Å². The van der Waals surface area contributed by atoms with Crippen molar-refractivity contribution in [2.24, 2.45) is 0 Å². The lowest BCUT2D eigenvalue weighted by Crippen LogP contribution is -2.44. The minimum atomic E-state index is -0.700. The van der Waals surface area contributed by atoms with E-state index >= 15 is 0 Å². The van der Waals surface area contributed by atoms with E-state index in [1.165, 1.54) is 11.1 Å². The molecule has 0 aliphatic carbocycles. The summed E-state index contributed by atoms with van der Waals surface area (Å²) < 4.78 is 0. The normalized spacial score (nSPS) is 11.1. The second-order valence-electron chi connectivity index (χ2n) is 6.27. The van der Waals surface area contributed by atoms with Crippen LogP contribution in [0.4, 0.5) is 11.4 Å². The van der Waals surface area contributed by atoms with E-state index in [4.69, 9.17) is 0 Å². The fraction of sp³-hybridized carbons (Fsp3) is 0.350. The molecular weight excluding hydrogens is 284 g/mol. The summed E-state index contributed by atoms with van der Waals surface area (Å²) in [6.45, 7) is 8.03. The van der Waals surface area contributed by atoms with E-state index in [0.29, 0.717) is 0 Å². The third-order valence-electron chi connectivity index (χ3n) is 4.03. The Balaban J connectivity index is 2.09. The molecular formula is C20H26N2O. The summed E-state index contributed by atoms with van der Waals surface area (Å²) in [7, 11) is 0. The van der Waals surface area contributed by atoms with Gasteiger partial charge in [0.15, 0.2) is 0 Å². The summed E-state index contributed by atoms with van der Waals surface area (Å²) in [6, 6.07) is 16.1. The van der Waals surface area contributed by atoms with Crippen LogP contribution in [0.25, 0.3) is 0 Å². The van der Waals surface area contributed by atoms with Gasteiger partial charge in [-0.15, -0.1) is 0 Å². The maximum Gasteiger partial charge on any atom is 0.249 e. The van der Waals surface area contributed by atoms with Gasteiger partial charge in [0.25, 0.3) is 0 Å². The summed E-state index contributed by atoms with van der Waals surface area (Å²) >= 11 is 0. The molecule has 122 valence electrons. The standard InChI is InChI=1S/C20H26N2O/c1-5-15-11-13-17(14-12-15)21-19(23)20(3,4)22-18-10-8-7-9-16(18)6-2/h7-14,22H,5-6H2,1-4H3,(H,21,23). The number of anilines is 2. The van der Waals surface area contributed by atoms with Crippen LogP contribution in [0, 0.1) is 0 Å². The first-order valence-electron chi connectivity index (χ1n) is 8.22. The number of nitrogens with one attached hydrogen (secondary N) is 2. The van der Waals surface area contributed by atoms with Crippen molar-refractivity contribution in [2.75, 3.05) is 10.6 Å². The maximum atomic E-state index is 12.6. The molecule has 0 atom stereocenters. The van der Waals surface area contributed by atoms with Crippen molar-refractivity contribution >= 4 is 17.3 Å². The maximum absolute atomic E-state index is 12.6. The van der Waals surface area contributed by atoms with Crippen LogP contribution in [-0.4, -0.2) is 11.4 Å². The SMILES string of the molecule is CCc1ccc(NC(=O)C(C)(C)Nc2ccccc2CC)cc1. The molecule has 0 aliphatic rings. The summed E-state index contributed by atoms with van der Waals surface area (Å²) in [4.78, 5) is 12.6. The highest BCUT2D eigenvalue weighted by atomic mass is 16.2. The Morgan fingerprint density at radius 2 is 1.61 bits per heavy atom. The molecule has 2 N–H and O–H groups in total. The lowest BCUT2D eigenvalue weighted by atomic mass is 10.0. The molecule has 0 unspecified atom stereocenters. The predicted molar refractivity (Wildman–Crippen MR) is 98.0 cm³/mol. The molecule has 0 radical (unpaired) electrons. The van der Waals surface area contributed by atoms with Crippen LogP contribution in [0.5, 0.6) is 0 Å². The van der Waals surface area contributed by atoms with Crippen LogP contribution in [0.2, 0.25) is 0 Å². The zero-order valence-electron chi connectivity index (χ0n) is 14.4. The fourth-order valence-electron chi connectivity index (χ4n) is 2.46. The summed E-state index contributed by atoms with van der Waals surface area (Å²) in [5.74, 6) is -0.0485. The smallest absolute Gasteiger partial charge is 0.249 e. The summed E-state index contributed by atoms with van der Waals surface area (Å²) in [5.41, 5.74) is 3.61. The van der Waals surface area contributed by atoms with Gasteiger partial charge in [0, 0.05) is 11.4 Å². The van der Waals surface area contributed by atoms with E-state index in [1.807, 2.05) is 56.3 Å². The molecule has 0 saturated heterocycles. The topological polar surface area (TPSA) is 41.1 Å². The average molecular weight is 310 g/mol. The number of carbonyl (C=O) groups is 1. The Bertz CT molecular complexity index is 660. The molecule has 2 aromatic carbocycles. The van der Waals surface area contributed by atoms with Crippen LogP contribution < -0.4 is 10.6 Å². The molecule has 0 bridgehead atoms. The number of hydrogen-bond donors (Lipinski definition) is 2. The molecule has 0 heterocycles. The van der Waals surface area contributed by atoms with Crippen molar-refractivity contribution in [2.45, 2.75) is 46.1 Å². The molecule has 0 spiro atoms. The van der Waals surface area contributed by atoms with E-state index in [1.54, 1.807) is 0 Å². The lowest BCUT2D eigenvalue weighted by Gasteiger charge is -2.27. The second-order valence-corrected chi connectivity index (χ2v) is 6.27. The first-order valence-corrected chi connectivity index (χ1v) is 8.22. The minimum Gasteiger partial charge on any atom is -0.371 e.